The molecule has 8 rings (SSSR count). The third kappa shape index (κ3) is 10.3. The number of halogens is 3. The number of nitrogens with zero attached hydrogens (tertiary/aromatic N) is 5. The fraction of sp³-hybridized carbons (Fsp3) is 0.333. The number of aromatic nitrogens is 3. The van der Waals surface area contributed by atoms with Gasteiger partial charge in [-0.1, -0.05) is 42.9 Å². The normalized spacial score (nSPS) is 16.8. The molecular formula is C48H46F3N9O6. The highest BCUT2D eigenvalue weighted by Crippen LogP contribution is 2.35. The lowest BCUT2D eigenvalue weighted by Gasteiger charge is -2.35. The molecule has 3 aliphatic heterocycles. The van der Waals surface area contributed by atoms with Crippen molar-refractivity contribution >= 4 is 57.9 Å². The standard InChI is InChI=1S/C48H46F3N9O6/c1-29-10-12-32(24-31(29)13-11-30-23-34-27-53-57-43(34)52-26-30)44(63)54-35-15-14-33(37(25-35)48(49,50)51)28-59-21-19-58(20-22-59)18-5-3-2-4-9-40(61)55-38-8-6-7-36-42(38)47(66)60(46(36)65)39-16-17-41(62)56-45(39)64/h6-8,10,12,14-15,23-27,39H,2-5,9,16-22,28H2,1H3,(H,54,63)(H,55,61)(H,52,53,57)(H,56,62,64). The molecule has 2 aromatic heterocycles. The molecule has 6 amide bonds. The lowest BCUT2D eigenvalue weighted by molar-refractivity contribution is -0.138. The van der Waals surface area contributed by atoms with Gasteiger partial charge in [-0.05, 0) is 86.3 Å². The third-order valence-corrected chi connectivity index (χ3v) is 12.0. The zero-order chi connectivity index (χ0) is 46.5. The van der Waals surface area contributed by atoms with Gasteiger partial charge in [0.05, 0.1) is 28.6 Å². The number of fused-ring (bicyclic) bond motifs is 2. The number of anilines is 2. The summed E-state index contributed by atoms with van der Waals surface area (Å²) in [6.45, 7) is 5.34. The summed E-state index contributed by atoms with van der Waals surface area (Å²) in [6.07, 6.45) is 1.97. The van der Waals surface area contributed by atoms with Crippen LogP contribution in [-0.2, 0) is 27.1 Å². The van der Waals surface area contributed by atoms with Gasteiger partial charge < -0.3 is 15.5 Å². The number of rotatable bonds is 13. The van der Waals surface area contributed by atoms with Gasteiger partial charge in [0.15, 0.2) is 5.65 Å². The maximum atomic E-state index is 14.4. The van der Waals surface area contributed by atoms with Crippen LogP contribution in [0.3, 0.4) is 0 Å². The van der Waals surface area contributed by atoms with Gasteiger partial charge >= 0.3 is 6.18 Å². The molecule has 66 heavy (non-hydrogen) atoms. The molecule has 2 fully saturated rings. The van der Waals surface area contributed by atoms with Crippen molar-refractivity contribution in [2.45, 2.75) is 70.6 Å². The van der Waals surface area contributed by atoms with Gasteiger partial charge in [0.2, 0.25) is 17.7 Å². The van der Waals surface area contributed by atoms with Crippen molar-refractivity contribution in [3.8, 4) is 11.8 Å². The second-order valence-electron chi connectivity index (χ2n) is 16.6. The number of aromatic amines is 1. The van der Waals surface area contributed by atoms with Crippen molar-refractivity contribution in [3.05, 3.63) is 118 Å². The molecule has 0 spiro atoms. The van der Waals surface area contributed by atoms with E-state index in [2.05, 4.69) is 47.9 Å². The summed E-state index contributed by atoms with van der Waals surface area (Å²) < 4.78 is 43.2. The Morgan fingerprint density at radius 1 is 0.864 bits per heavy atom. The number of pyridine rings is 1. The molecule has 0 bridgehead atoms. The summed E-state index contributed by atoms with van der Waals surface area (Å²) in [5.74, 6) is 2.72. The average Bonchev–Trinajstić information content (AvgIpc) is 3.86. The Labute approximate surface area is 377 Å². The van der Waals surface area contributed by atoms with Crippen LogP contribution >= 0.6 is 0 Å². The fourth-order valence-corrected chi connectivity index (χ4v) is 8.42. The predicted octanol–water partition coefficient (Wildman–Crippen LogP) is 6.05. The van der Waals surface area contributed by atoms with E-state index in [9.17, 15) is 41.9 Å². The van der Waals surface area contributed by atoms with Crippen molar-refractivity contribution < 1.29 is 41.9 Å². The maximum Gasteiger partial charge on any atom is 0.416 e. The van der Waals surface area contributed by atoms with E-state index in [0.29, 0.717) is 49.4 Å². The van der Waals surface area contributed by atoms with Crippen LogP contribution in [-0.4, -0.2) is 104 Å². The third-order valence-electron chi connectivity index (χ3n) is 12.0. The maximum absolute atomic E-state index is 14.4. The van der Waals surface area contributed by atoms with E-state index >= 15 is 0 Å². The molecule has 15 nitrogen and oxygen atoms in total. The summed E-state index contributed by atoms with van der Waals surface area (Å²) in [5, 5.41) is 15.1. The largest absolute Gasteiger partial charge is 0.416 e. The predicted molar refractivity (Wildman–Crippen MR) is 237 cm³/mol. The lowest BCUT2D eigenvalue weighted by Crippen LogP contribution is -2.54. The van der Waals surface area contributed by atoms with Gasteiger partial charge in [0, 0.05) is 79.5 Å². The van der Waals surface area contributed by atoms with Crippen molar-refractivity contribution in [1.82, 2.24) is 35.2 Å². The minimum atomic E-state index is -4.64. The molecule has 1 atom stereocenters. The highest BCUT2D eigenvalue weighted by molar-refractivity contribution is 6.26. The van der Waals surface area contributed by atoms with Crippen LogP contribution in [0.1, 0.15) is 104 Å². The lowest BCUT2D eigenvalue weighted by atomic mass is 10.0. The Morgan fingerprint density at radius 2 is 1.65 bits per heavy atom. The molecule has 3 aromatic carbocycles. The number of carbonyl (C=O) groups is 6. The first-order chi connectivity index (χ1) is 31.7. The number of amides is 6. The molecule has 0 saturated carbocycles. The highest BCUT2D eigenvalue weighted by Gasteiger charge is 2.45. The van der Waals surface area contributed by atoms with Crippen LogP contribution < -0.4 is 16.0 Å². The Balaban J connectivity index is 0.766. The first-order valence-corrected chi connectivity index (χ1v) is 21.7. The first kappa shape index (κ1) is 45.3. The van der Waals surface area contributed by atoms with E-state index in [1.807, 2.05) is 17.9 Å². The van der Waals surface area contributed by atoms with Gasteiger partial charge in [-0.15, -0.1) is 0 Å². The highest BCUT2D eigenvalue weighted by atomic mass is 19.4. The molecule has 2 saturated heterocycles. The van der Waals surface area contributed by atoms with Crippen LogP contribution in [0.15, 0.2) is 73.1 Å². The number of nitrogens with one attached hydrogen (secondary N) is 4. The van der Waals surface area contributed by atoms with Crippen LogP contribution in [0.25, 0.3) is 11.0 Å². The summed E-state index contributed by atoms with van der Waals surface area (Å²) in [7, 11) is 0. The second kappa shape index (κ2) is 19.5. The molecule has 4 N–H and O–H groups in total. The Hall–Kier alpha value is -7.23. The van der Waals surface area contributed by atoms with E-state index in [1.54, 1.807) is 36.7 Å². The van der Waals surface area contributed by atoms with Gasteiger partial charge in [-0.3, -0.25) is 49.0 Å². The number of piperazine rings is 1. The SMILES string of the molecule is Cc1ccc(C(=O)Nc2ccc(CN3CCN(CCCCCCC(=O)Nc4cccc5c4C(=O)N(C4CCC(=O)NC4=O)C5=O)CC3)c(C(F)(F)F)c2)cc1C#Cc1cnc2[nH]ncc2c1. The molecule has 0 radical (unpaired) electrons. The number of piperidine rings is 1. The summed E-state index contributed by atoms with van der Waals surface area (Å²) in [5.41, 5.74) is 2.63. The molecular weight excluding hydrogens is 856 g/mol. The monoisotopic (exact) mass is 901 g/mol. The number of hydrogen-bond donors (Lipinski definition) is 4. The number of benzene rings is 3. The molecule has 5 aromatic rings. The van der Waals surface area contributed by atoms with Crippen molar-refractivity contribution in [2.75, 3.05) is 43.4 Å². The first-order valence-electron chi connectivity index (χ1n) is 21.7. The molecule has 0 aliphatic carbocycles. The molecule has 1 unspecified atom stereocenters. The van der Waals surface area contributed by atoms with Crippen LogP contribution in [0, 0.1) is 18.8 Å². The number of unbranched alkanes of at least 4 members (excludes halogenated alkanes) is 3. The van der Waals surface area contributed by atoms with Crippen LogP contribution in [0.2, 0.25) is 0 Å². The smallest absolute Gasteiger partial charge is 0.325 e. The van der Waals surface area contributed by atoms with Gasteiger partial charge in [-0.2, -0.15) is 18.3 Å². The van der Waals surface area contributed by atoms with Gasteiger partial charge in [-0.25, -0.2) is 4.98 Å². The number of carbonyl (C=O) groups excluding carboxylic acids is 6. The molecule has 18 heteroatoms. The van der Waals surface area contributed by atoms with E-state index in [1.165, 1.54) is 24.3 Å². The fourth-order valence-electron chi connectivity index (χ4n) is 8.42. The van der Waals surface area contributed by atoms with E-state index in [-0.39, 0.29) is 65.3 Å². The van der Waals surface area contributed by atoms with Gasteiger partial charge in [0.25, 0.3) is 17.7 Å². The Morgan fingerprint density at radius 3 is 2.44 bits per heavy atom. The summed E-state index contributed by atoms with van der Waals surface area (Å²) >= 11 is 0. The quantitative estimate of drug-likeness (QED) is 0.0616. The van der Waals surface area contributed by atoms with Crippen molar-refractivity contribution in [1.29, 1.82) is 0 Å². The van der Waals surface area contributed by atoms with E-state index in [0.717, 1.165) is 47.7 Å². The second-order valence-corrected chi connectivity index (χ2v) is 16.6. The Bertz CT molecular complexity index is 2810. The summed E-state index contributed by atoms with van der Waals surface area (Å²) in [4.78, 5) is 86.0. The van der Waals surface area contributed by atoms with Gasteiger partial charge in [0.1, 0.15) is 6.04 Å². The zero-order valence-electron chi connectivity index (χ0n) is 36.0. The Kier molecular flexibility index (Phi) is 13.4. The van der Waals surface area contributed by atoms with Crippen molar-refractivity contribution in [3.63, 3.8) is 0 Å². The average molecular weight is 902 g/mol. The minimum absolute atomic E-state index is 0.00271. The topological polar surface area (TPSA) is 190 Å². The number of aryl methyl sites for hydroxylation is 1. The van der Waals surface area contributed by atoms with Crippen LogP contribution in [0.4, 0.5) is 24.5 Å². The van der Waals surface area contributed by atoms with E-state index < -0.39 is 47.3 Å². The molecule has 5 heterocycles. The van der Waals surface area contributed by atoms with E-state index in [4.69, 9.17) is 0 Å². The summed E-state index contributed by atoms with van der Waals surface area (Å²) in [6, 6.07) is 14.1. The number of alkyl halides is 3. The molecule has 340 valence electrons. The number of H-pyrrole nitrogens is 1. The van der Waals surface area contributed by atoms with Crippen molar-refractivity contribution in [2.24, 2.45) is 0 Å². The number of imide groups is 2. The zero-order valence-corrected chi connectivity index (χ0v) is 36.0. The molecule has 3 aliphatic rings. The minimum Gasteiger partial charge on any atom is -0.325 e. The number of hydrogen-bond acceptors (Lipinski definition) is 10. The van der Waals surface area contributed by atoms with Crippen LogP contribution in [0.5, 0.6) is 0 Å².